The van der Waals surface area contributed by atoms with Gasteiger partial charge in [-0.2, -0.15) is 5.10 Å². The van der Waals surface area contributed by atoms with Gasteiger partial charge >= 0.3 is 0 Å². The van der Waals surface area contributed by atoms with E-state index in [-0.39, 0.29) is 29.8 Å². The highest BCUT2D eigenvalue weighted by molar-refractivity contribution is 14.0. The molecule has 170 valence electrons. The van der Waals surface area contributed by atoms with Crippen LogP contribution in [-0.2, 0) is 13.0 Å². The largest absolute Gasteiger partial charge is 0.490 e. The highest BCUT2D eigenvalue weighted by Gasteiger charge is 2.11. The molecule has 2 aromatic carbocycles. The average Bonchev–Trinajstić information content (AvgIpc) is 3.17. The first-order chi connectivity index (χ1) is 15.3. The summed E-state index contributed by atoms with van der Waals surface area (Å²) in [6.45, 7) is 3.16. The number of benzene rings is 2. The van der Waals surface area contributed by atoms with Gasteiger partial charge in [0.15, 0.2) is 17.5 Å². The summed E-state index contributed by atoms with van der Waals surface area (Å²) in [5, 5.41) is 10.9. The maximum atomic E-state index is 13.4. The van der Waals surface area contributed by atoms with Gasteiger partial charge in [-0.15, -0.1) is 24.0 Å². The minimum absolute atomic E-state index is 0. The molecule has 1 aromatic heterocycles. The van der Waals surface area contributed by atoms with E-state index in [0.717, 1.165) is 29.2 Å². The molecule has 0 aliphatic carbocycles. The van der Waals surface area contributed by atoms with Gasteiger partial charge in [0.2, 0.25) is 0 Å². The van der Waals surface area contributed by atoms with Crippen LogP contribution in [0.1, 0.15) is 12.0 Å². The number of nitrogens with one attached hydrogen (secondary N) is 2. The van der Waals surface area contributed by atoms with Crippen LogP contribution in [0.2, 0.25) is 0 Å². The number of hydrogen-bond acceptors (Lipinski definition) is 4. The number of hydrogen-bond donors (Lipinski definition) is 2. The zero-order valence-corrected chi connectivity index (χ0v) is 20.0. The number of fused-ring (bicyclic) bond motifs is 1. The third-order valence-corrected chi connectivity index (χ3v) is 4.76. The Kier molecular flexibility index (Phi) is 9.14. The lowest BCUT2D eigenvalue weighted by Crippen LogP contribution is -2.33. The average molecular weight is 551 g/mol. The first-order valence-corrected chi connectivity index (χ1v) is 10.4. The van der Waals surface area contributed by atoms with Crippen LogP contribution in [-0.4, -0.2) is 42.0 Å². The molecule has 0 unspecified atom stereocenters. The van der Waals surface area contributed by atoms with E-state index in [4.69, 9.17) is 9.47 Å². The molecule has 0 spiro atoms. The molecule has 0 saturated heterocycles. The number of halogens is 2. The van der Waals surface area contributed by atoms with E-state index >= 15 is 0 Å². The van der Waals surface area contributed by atoms with Crippen molar-refractivity contribution >= 4 is 35.6 Å². The van der Waals surface area contributed by atoms with Crippen LogP contribution in [0.15, 0.2) is 65.9 Å². The number of anilines is 1. The van der Waals surface area contributed by atoms with Crippen molar-refractivity contribution in [3.63, 3.8) is 0 Å². The molecular weight excluding hydrogens is 524 g/mol. The van der Waals surface area contributed by atoms with Gasteiger partial charge in [-0.3, -0.25) is 9.67 Å². The molecule has 7 nitrogen and oxygen atoms in total. The smallest absolute Gasteiger partial charge is 0.195 e. The summed E-state index contributed by atoms with van der Waals surface area (Å²) >= 11 is 0. The maximum absolute atomic E-state index is 13.4. The highest BCUT2D eigenvalue weighted by atomic mass is 127. The third kappa shape index (κ3) is 7.11. The second-order valence-corrected chi connectivity index (χ2v) is 7.14. The Morgan fingerprint density at radius 3 is 2.78 bits per heavy atom. The van der Waals surface area contributed by atoms with Gasteiger partial charge in [0.05, 0.1) is 19.8 Å². The molecule has 3 aromatic rings. The van der Waals surface area contributed by atoms with Crippen molar-refractivity contribution in [2.75, 3.05) is 31.6 Å². The van der Waals surface area contributed by atoms with E-state index in [1.54, 1.807) is 12.3 Å². The number of aromatic nitrogens is 2. The molecule has 0 bridgehead atoms. The first-order valence-electron chi connectivity index (χ1n) is 10.4. The number of guanidine groups is 1. The molecule has 0 radical (unpaired) electrons. The van der Waals surface area contributed by atoms with Crippen molar-refractivity contribution in [1.29, 1.82) is 0 Å². The monoisotopic (exact) mass is 551 g/mol. The summed E-state index contributed by atoms with van der Waals surface area (Å²) in [6, 6.07) is 14.2. The van der Waals surface area contributed by atoms with Gasteiger partial charge in [-0.05, 0) is 42.3 Å². The third-order valence-electron chi connectivity index (χ3n) is 4.76. The van der Waals surface area contributed by atoms with Crippen molar-refractivity contribution in [2.45, 2.75) is 19.4 Å². The molecule has 2 N–H and O–H groups in total. The molecule has 9 heteroatoms. The van der Waals surface area contributed by atoms with Crippen LogP contribution in [0, 0.1) is 5.82 Å². The van der Waals surface area contributed by atoms with Crippen molar-refractivity contribution < 1.29 is 13.9 Å². The van der Waals surface area contributed by atoms with Crippen LogP contribution in [0.3, 0.4) is 0 Å². The molecule has 2 heterocycles. The zero-order valence-electron chi connectivity index (χ0n) is 17.7. The van der Waals surface area contributed by atoms with E-state index in [1.807, 2.05) is 41.2 Å². The van der Waals surface area contributed by atoms with Gasteiger partial charge in [0.1, 0.15) is 5.82 Å². The fraction of sp³-hybridized carbons (Fsp3) is 0.304. The molecule has 0 atom stereocenters. The topological polar surface area (TPSA) is 72.7 Å². The molecule has 0 amide bonds. The molecule has 1 aliphatic rings. The van der Waals surface area contributed by atoms with Gasteiger partial charge in [0, 0.05) is 43.7 Å². The number of aliphatic imine (C=N–C) groups is 1. The van der Waals surface area contributed by atoms with Gasteiger partial charge < -0.3 is 20.1 Å². The van der Waals surface area contributed by atoms with Crippen molar-refractivity contribution in [1.82, 2.24) is 15.1 Å². The quantitative estimate of drug-likeness (QED) is 0.263. The number of nitrogens with zero attached hydrogens (tertiary/aromatic N) is 3. The van der Waals surface area contributed by atoms with E-state index in [9.17, 15) is 4.39 Å². The molecule has 0 fully saturated rings. The van der Waals surface area contributed by atoms with Gasteiger partial charge in [0.25, 0.3) is 0 Å². The minimum Gasteiger partial charge on any atom is -0.490 e. The maximum Gasteiger partial charge on any atom is 0.195 e. The summed E-state index contributed by atoms with van der Waals surface area (Å²) in [7, 11) is 0. The van der Waals surface area contributed by atoms with Gasteiger partial charge in [-0.1, -0.05) is 12.1 Å². The summed E-state index contributed by atoms with van der Waals surface area (Å²) in [5.41, 5.74) is 1.76. The molecule has 4 rings (SSSR count). The fourth-order valence-electron chi connectivity index (χ4n) is 3.23. The summed E-state index contributed by atoms with van der Waals surface area (Å²) in [4.78, 5) is 4.66. The van der Waals surface area contributed by atoms with Crippen LogP contribution < -0.4 is 20.1 Å². The van der Waals surface area contributed by atoms with Gasteiger partial charge in [-0.25, -0.2) is 4.39 Å². The predicted octanol–water partition coefficient (Wildman–Crippen LogP) is 4.10. The van der Waals surface area contributed by atoms with Crippen LogP contribution in [0.5, 0.6) is 11.5 Å². The van der Waals surface area contributed by atoms with E-state index in [1.165, 1.54) is 12.1 Å². The van der Waals surface area contributed by atoms with Crippen molar-refractivity contribution in [3.8, 4) is 11.5 Å². The standard InChI is InChI=1S/C23H26FN5O2.HI/c24-19-5-1-4-18(16-19)8-10-25-23(26-11-13-29-12-2-9-27-29)28-20-6-7-21-22(17-20)31-15-3-14-30-21;/h1-2,4-7,9,12,16-17H,3,8,10-11,13-15H2,(H2,25,26,28);1H. The van der Waals surface area contributed by atoms with Crippen LogP contribution in [0.25, 0.3) is 0 Å². The molecular formula is C23H27FIN5O2. The molecule has 32 heavy (non-hydrogen) atoms. The number of rotatable bonds is 7. The highest BCUT2D eigenvalue weighted by Crippen LogP contribution is 2.32. The second kappa shape index (κ2) is 12.3. The normalized spacial score (nSPS) is 13.1. The lowest BCUT2D eigenvalue weighted by molar-refractivity contribution is 0.297. The van der Waals surface area contributed by atoms with Crippen molar-refractivity contribution in [3.05, 3.63) is 72.3 Å². The Labute approximate surface area is 204 Å². The Morgan fingerprint density at radius 1 is 1.09 bits per heavy atom. The molecule has 0 saturated carbocycles. The Hall–Kier alpha value is -2.82. The van der Waals surface area contributed by atoms with E-state index in [2.05, 4.69) is 20.7 Å². The van der Waals surface area contributed by atoms with Crippen molar-refractivity contribution in [2.24, 2.45) is 4.99 Å². The van der Waals surface area contributed by atoms with Crippen LogP contribution >= 0.6 is 24.0 Å². The Bertz CT molecular complexity index is 1010. The van der Waals surface area contributed by atoms with Crippen LogP contribution in [0.4, 0.5) is 10.1 Å². The zero-order chi connectivity index (χ0) is 21.3. The lowest BCUT2D eigenvalue weighted by atomic mass is 10.1. The Balaban J connectivity index is 0.00000289. The second-order valence-electron chi connectivity index (χ2n) is 7.14. The Morgan fingerprint density at radius 2 is 1.97 bits per heavy atom. The lowest BCUT2D eigenvalue weighted by Gasteiger charge is -2.15. The number of ether oxygens (including phenoxy) is 2. The predicted molar refractivity (Wildman–Crippen MR) is 134 cm³/mol. The minimum atomic E-state index is -0.232. The first kappa shape index (κ1) is 23.8. The van der Waals surface area contributed by atoms with E-state index < -0.39 is 0 Å². The summed E-state index contributed by atoms with van der Waals surface area (Å²) in [6.07, 6.45) is 5.17. The molecule has 1 aliphatic heterocycles. The summed E-state index contributed by atoms with van der Waals surface area (Å²) in [5.74, 6) is 1.87. The van der Waals surface area contributed by atoms with E-state index in [0.29, 0.717) is 45.2 Å². The SMILES string of the molecule is Fc1cccc(CCN=C(NCCn2cccn2)Nc2ccc3c(c2)OCCCO3)c1.I. The summed E-state index contributed by atoms with van der Waals surface area (Å²) < 4.78 is 26.7. The fourth-order valence-corrected chi connectivity index (χ4v) is 3.23.